The van der Waals surface area contributed by atoms with Gasteiger partial charge in [-0.25, -0.2) is 0 Å². The molecule has 0 fully saturated rings. The van der Waals surface area contributed by atoms with E-state index in [1.54, 1.807) is 13.2 Å². The molecule has 0 unspecified atom stereocenters. The van der Waals surface area contributed by atoms with E-state index in [9.17, 15) is 4.79 Å². The van der Waals surface area contributed by atoms with Gasteiger partial charge in [-0.05, 0) is 62.6 Å². The van der Waals surface area contributed by atoms with Crippen LogP contribution in [0.2, 0.25) is 5.02 Å². The maximum Gasteiger partial charge on any atom is 0.244 e. The second-order valence-electron chi connectivity index (χ2n) is 6.91. The van der Waals surface area contributed by atoms with Crippen LogP contribution in [0, 0.1) is 20.8 Å². The van der Waals surface area contributed by atoms with Crippen molar-refractivity contribution in [2.24, 2.45) is 0 Å². The number of furan rings is 1. The van der Waals surface area contributed by atoms with Crippen LogP contribution in [-0.4, -0.2) is 13.0 Å². The molecule has 3 rings (SSSR count). The van der Waals surface area contributed by atoms with E-state index in [-0.39, 0.29) is 5.91 Å². The smallest absolute Gasteiger partial charge is 0.244 e. The highest BCUT2D eigenvalue weighted by Crippen LogP contribution is 2.38. The summed E-state index contributed by atoms with van der Waals surface area (Å²) in [7, 11) is 1.63. The van der Waals surface area contributed by atoms with Crippen molar-refractivity contribution in [3.63, 3.8) is 0 Å². The largest absolute Gasteiger partial charge is 0.496 e. The first kappa shape index (κ1) is 20.0. The standard InChI is InChI=1S/C23H24ClNO3/c1-13(10-21(26)25-12-17-6-8-18(24)9-7-17)19-11-20-14(2)16(4)28-23(20)15(3)22(19)27-5/h6-11H,12H2,1-5H3,(H,25,26)/b13-10+. The third-order valence-electron chi connectivity index (χ3n) is 5.00. The number of allylic oxidation sites excluding steroid dienone is 1. The van der Waals surface area contributed by atoms with Crippen LogP contribution in [0.5, 0.6) is 5.75 Å². The number of amides is 1. The van der Waals surface area contributed by atoms with Gasteiger partial charge < -0.3 is 14.5 Å². The molecule has 0 aliphatic rings. The van der Waals surface area contributed by atoms with Crippen LogP contribution in [0.4, 0.5) is 0 Å². The quantitative estimate of drug-likeness (QED) is 0.558. The van der Waals surface area contributed by atoms with Crippen LogP contribution in [-0.2, 0) is 11.3 Å². The van der Waals surface area contributed by atoms with Crippen LogP contribution in [0.15, 0.2) is 40.8 Å². The zero-order chi connectivity index (χ0) is 20.4. The number of fused-ring (bicyclic) bond motifs is 1. The lowest BCUT2D eigenvalue weighted by atomic mass is 9.98. The average Bonchev–Trinajstić information content (AvgIpc) is 2.96. The molecule has 0 atom stereocenters. The first-order valence-corrected chi connectivity index (χ1v) is 9.47. The summed E-state index contributed by atoms with van der Waals surface area (Å²) in [4.78, 5) is 12.4. The number of halogens is 1. The van der Waals surface area contributed by atoms with Crippen LogP contribution in [0.3, 0.4) is 0 Å². The van der Waals surface area contributed by atoms with E-state index in [0.717, 1.165) is 50.3 Å². The Morgan fingerprint density at radius 2 is 1.86 bits per heavy atom. The lowest BCUT2D eigenvalue weighted by Crippen LogP contribution is -2.20. The number of aryl methyl sites for hydroxylation is 3. The minimum atomic E-state index is -0.160. The van der Waals surface area contributed by atoms with Gasteiger partial charge in [0.05, 0.1) is 7.11 Å². The summed E-state index contributed by atoms with van der Waals surface area (Å²) < 4.78 is 11.5. The Labute approximate surface area is 170 Å². The van der Waals surface area contributed by atoms with Crippen molar-refractivity contribution in [3.8, 4) is 5.75 Å². The van der Waals surface area contributed by atoms with Crippen molar-refractivity contribution < 1.29 is 13.9 Å². The molecule has 3 aromatic rings. The predicted molar refractivity (Wildman–Crippen MR) is 114 cm³/mol. The monoisotopic (exact) mass is 397 g/mol. The van der Waals surface area contributed by atoms with Gasteiger partial charge in [-0.1, -0.05) is 23.7 Å². The number of hydrogen-bond donors (Lipinski definition) is 1. The zero-order valence-electron chi connectivity index (χ0n) is 16.8. The third-order valence-corrected chi connectivity index (χ3v) is 5.25. The maximum absolute atomic E-state index is 12.4. The summed E-state index contributed by atoms with van der Waals surface area (Å²) in [5, 5.41) is 4.62. The molecule has 0 aliphatic carbocycles. The molecule has 4 nitrogen and oxygen atoms in total. The Hall–Kier alpha value is -2.72. The molecular formula is C23H24ClNO3. The first-order chi connectivity index (χ1) is 13.3. The molecule has 2 aromatic carbocycles. The Kier molecular flexibility index (Phi) is 5.80. The number of nitrogens with one attached hydrogen (secondary N) is 1. The number of carbonyl (C=O) groups excluding carboxylic acids is 1. The van der Waals surface area contributed by atoms with Gasteiger partial charge in [0.1, 0.15) is 17.1 Å². The van der Waals surface area contributed by atoms with Gasteiger partial charge in [0.2, 0.25) is 5.91 Å². The number of benzene rings is 2. The normalized spacial score (nSPS) is 11.7. The van der Waals surface area contributed by atoms with Crippen molar-refractivity contribution in [3.05, 3.63) is 69.4 Å². The second-order valence-corrected chi connectivity index (χ2v) is 7.35. The van der Waals surface area contributed by atoms with E-state index < -0.39 is 0 Å². The lowest BCUT2D eigenvalue weighted by Gasteiger charge is -2.13. The molecule has 0 bridgehead atoms. The highest BCUT2D eigenvalue weighted by Gasteiger charge is 2.18. The predicted octanol–water partition coefficient (Wildman–Crippen LogP) is 5.74. The van der Waals surface area contributed by atoms with Crippen molar-refractivity contribution >= 4 is 34.1 Å². The highest BCUT2D eigenvalue weighted by molar-refractivity contribution is 6.30. The molecule has 0 aliphatic heterocycles. The fourth-order valence-electron chi connectivity index (χ4n) is 3.28. The van der Waals surface area contributed by atoms with Gasteiger partial charge in [-0.2, -0.15) is 0 Å². The summed E-state index contributed by atoms with van der Waals surface area (Å²) in [6.07, 6.45) is 1.60. The fraction of sp³-hybridized carbons (Fsp3) is 0.261. The SMILES string of the molecule is COc1c(/C(C)=C/C(=O)NCc2ccc(Cl)cc2)cc2c(C)c(C)oc2c1C. The Balaban J connectivity index is 1.88. The van der Waals surface area contributed by atoms with E-state index in [1.165, 1.54) is 0 Å². The highest BCUT2D eigenvalue weighted by atomic mass is 35.5. The van der Waals surface area contributed by atoms with E-state index in [2.05, 4.69) is 5.32 Å². The van der Waals surface area contributed by atoms with Gasteiger partial charge in [-0.3, -0.25) is 4.79 Å². The molecule has 0 saturated heterocycles. The molecule has 0 spiro atoms. The van der Waals surface area contributed by atoms with Gasteiger partial charge in [0.25, 0.3) is 0 Å². The molecule has 1 N–H and O–H groups in total. The van der Waals surface area contributed by atoms with Crippen LogP contribution >= 0.6 is 11.6 Å². The molecular weight excluding hydrogens is 374 g/mol. The molecule has 5 heteroatoms. The summed E-state index contributed by atoms with van der Waals surface area (Å²) in [6, 6.07) is 9.43. The Morgan fingerprint density at radius 1 is 1.18 bits per heavy atom. The van der Waals surface area contributed by atoms with E-state index in [4.69, 9.17) is 20.8 Å². The van der Waals surface area contributed by atoms with E-state index >= 15 is 0 Å². The molecule has 1 heterocycles. The minimum absolute atomic E-state index is 0.160. The van der Waals surface area contributed by atoms with Crippen molar-refractivity contribution in [1.29, 1.82) is 0 Å². The molecule has 1 amide bonds. The molecule has 28 heavy (non-hydrogen) atoms. The maximum atomic E-state index is 12.4. The third kappa shape index (κ3) is 3.92. The lowest BCUT2D eigenvalue weighted by molar-refractivity contribution is -0.116. The van der Waals surface area contributed by atoms with Crippen molar-refractivity contribution in [1.82, 2.24) is 5.32 Å². The summed E-state index contributed by atoms with van der Waals surface area (Å²) in [5.41, 5.74) is 5.56. The first-order valence-electron chi connectivity index (χ1n) is 9.10. The molecule has 1 aromatic heterocycles. The van der Waals surface area contributed by atoms with Crippen LogP contribution < -0.4 is 10.1 Å². The van der Waals surface area contributed by atoms with Crippen LogP contribution in [0.25, 0.3) is 16.5 Å². The second kappa shape index (κ2) is 8.11. The van der Waals surface area contributed by atoms with E-state index in [0.29, 0.717) is 11.6 Å². The fourth-order valence-corrected chi connectivity index (χ4v) is 3.41. The Bertz CT molecular complexity index is 1060. The topological polar surface area (TPSA) is 51.5 Å². The van der Waals surface area contributed by atoms with Crippen molar-refractivity contribution in [2.45, 2.75) is 34.2 Å². The molecule has 0 radical (unpaired) electrons. The molecule has 146 valence electrons. The minimum Gasteiger partial charge on any atom is -0.496 e. The van der Waals surface area contributed by atoms with Gasteiger partial charge in [0.15, 0.2) is 0 Å². The summed E-state index contributed by atoms with van der Waals surface area (Å²) in [6.45, 7) is 8.31. The Morgan fingerprint density at radius 3 is 2.50 bits per heavy atom. The summed E-state index contributed by atoms with van der Waals surface area (Å²) in [5.74, 6) is 1.45. The van der Waals surface area contributed by atoms with Gasteiger partial charge in [-0.15, -0.1) is 0 Å². The number of rotatable bonds is 5. The summed E-state index contributed by atoms with van der Waals surface area (Å²) >= 11 is 5.89. The van der Waals surface area contributed by atoms with Gasteiger partial charge >= 0.3 is 0 Å². The van der Waals surface area contributed by atoms with Crippen LogP contribution in [0.1, 0.15) is 34.9 Å². The number of hydrogen-bond acceptors (Lipinski definition) is 3. The number of methoxy groups -OCH3 is 1. The zero-order valence-corrected chi connectivity index (χ0v) is 17.5. The molecule has 0 saturated carbocycles. The van der Waals surface area contributed by atoms with Crippen molar-refractivity contribution in [2.75, 3.05) is 7.11 Å². The average molecular weight is 398 g/mol. The van der Waals surface area contributed by atoms with E-state index in [1.807, 2.05) is 58.0 Å². The number of carbonyl (C=O) groups is 1. The van der Waals surface area contributed by atoms with Gasteiger partial charge in [0, 0.05) is 34.2 Å². The number of ether oxygens (including phenoxy) is 1.